The van der Waals surface area contributed by atoms with E-state index in [9.17, 15) is 4.79 Å². The highest BCUT2D eigenvalue weighted by Gasteiger charge is 2.18. The van der Waals surface area contributed by atoms with Crippen LogP contribution >= 0.6 is 12.4 Å². The standard InChI is InChI=1S/C8H10N2O2.ClH/c11-8(12)6-3-10-7-4-9-2-1-5(6)7;/h3,9-10H,1-2,4H2,(H,11,12);1H. The number of hydrogen-bond acceptors (Lipinski definition) is 2. The molecule has 13 heavy (non-hydrogen) atoms. The number of carbonyl (C=O) groups is 1. The van der Waals surface area contributed by atoms with Gasteiger partial charge in [0.25, 0.3) is 0 Å². The first-order valence-electron chi connectivity index (χ1n) is 3.92. The smallest absolute Gasteiger partial charge is 0.337 e. The summed E-state index contributed by atoms with van der Waals surface area (Å²) in [7, 11) is 0. The molecule has 2 heterocycles. The number of aromatic amines is 1. The number of nitrogens with one attached hydrogen (secondary N) is 2. The number of carboxylic acids is 1. The molecule has 0 aliphatic carbocycles. The normalized spacial score (nSPS) is 14.5. The van der Waals surface area contributed by atoms with Crippen LogP contribution in [0.15, 0.2) is 6.20 Å². The maximum atomic E-state index is 10.7. The number of halogens is 1. The number of aromatic carboxylic acids is 1. The van der Waals surface area contributed by atoms with Gasteiger partial charge in [-0.05, 0) is 18.5 Å². The molecule has 5 heteroatoms. The predicted octanol–water partition coefficient (Wildman–Crippen LogP) is 0.780. The van der Waals surface area contributed by atoms with E-state index in [2.05, 4.69) is 10.3 Å². The molecule has 0 atom stereocenters. The first-order valence-corrected chi connectivity index (χ1v) is 3.92. The highest BCUT2D eigenvalue weighted by Crippen LogP contribution is 2.17. The van der Waals surface area contributed by atoms with Gasteiger partial charge in [0, 0.05) is 18.4 Å². The van der Waals surface area contributed by atoms with Crippen LogP contribution in [0.5, 0.6) is 0 Å². The molecule has 0 fully saturated rings. The molecule has 0 saturated heterocycles. The van der Waals surface area contributed by atoms with Gasteiger partial charge < -0.3 is 15.4 Å². The first-order chi connectivity index (χ1) is 5.79. The number of aromatic nitrogens is 1. The van der Waals surface area contributed by atoms with Gasteiger partial charge in [0.15, 0.2) is 0 Å². The van der Waals surface area contributed by atoms with Crippen LogP contribution in [-0.2, 0) is 13.0 Å². The third kappa shape index (κ3) is 1.68. The maximum absolute atomic E-state index is 10.7. The summed E-state index contributed by atoms with van der Waals surface area (Å²) < 4.78 is 0. The van der Waals surface area contributed by atoms with Crippen LogP contribution in [0.2, 0.25) is 0 Å². The van der Waals surface area contributed by atoms with E-state index in [1.807, 2.05) is 0 Å². The van der Waals surface area contributed by atoms with Crippen LogP contribution in [0.1, 0.15) is 21.6 Å². The molecule has 0 bridgehead atoms. The lowest BCUT2D eigenvalue weighted by molar-refractivity contribution is 0.0696. The van der Waals surface area contributed by atoms with Crippen LogP contribution in [0.3, 0.4) is 0 Å². The maximum Gasteiger partial charge on any atom is 0.337 e. The van der Waals surface area contributed by atoms with E-state index in [4.69, 9.17) is 5.11 Å². The fourth-order valence-electron chi connectivity index (χ4n) is 1.56. The van der Waals surface area contributed by atoms with Crippen LogP contribution in [-0.4, -0.2) is 22.6 Å². The molecule has 0 unspecified atom stereocenters. The molecule has 72 valence electrons. The van der Waals surface area contributed by atoms with Crippen molar-refractivity contribution in [3.8, 4) is 0 Å². The molecule has 1 aromatic heterocycles. The van der Waals surface area contributed by atoms with Crippen LogP contribution < -0.4 is 5.32 Å². The molecular formula is C8H11ClN2O2. The second kappa shape index (κ2) is 3.81. The lowest BCUT2D eigenvalue weighted by Gasteiger charge is -2.12. The molecule has 1 aromatic rings. The van der Waals surface area contributed by atoms with Gasteiger partial charge in [0.2, 0.25) is 0 Å². The Bertz CT molecular complexity index is 322. The Morgan fingerprint density at radius 1 is 1.54 bits per heavy atom. The lowest BCUT2D eigenvalue weighted by Crippen LogP contribution is -2.24. The Balaban J connectivity index is 0.000000845. The Morgan fingerprint density at radius 3 is 3.00 bits per heavy atom. The number of H-pyrrole nitrogens is 1. The average Bonchev–Trinajstić information content (AvgIpc) is 2.47. The summed E-state index contributed by atoms with van der Waals surface area (Å²) in [5.74, 6) is -0.839. The largest absolute Gasteiger partial charge is 0.478 e. The molecule has 2 rings (SSSR count). The summed E-state index contributed by atoms with van der Waals surface area (Å²) in [6, 6.07) is 0. The summed E-state index contributed by atoms with van der Waals surface area (Å²) in [5.41, 5.74) is 2.39. The van der Waals surface area contributed by atoms with Gasteiger partial charge in [-0.15, -0.1) is 12.4 Å². The Kier molecular flexibility index (Phi) is 2.95. The second-order valence-corrected chi connectivity index (χ2v) is 2.89. The first kappa shape index (κ1) is 10.1. The molecular weight excluding hydrogens is 192 g/mol. The quantitative estimate of drug-likeness (QED) is 0.631. The molecule has 3 N–H and O–H groups in total. The third-order valence-corrected chi connectivity index (χ3v) is 2.16. The topological polar surface area (TPSA) is 65.1 Å². The predicted molar refractivity (Wildman–Crippen MR) is 50.4 cm³/mol. The van der Waals surface area contributed by atoms with Crippen LogP contribution in [0, 0.1) is 0 Å². The Hall–Kier alpha value is -1.00. The zero-order valence-corrected chi connectivity index (χ0v) is 7.78. The zero-order chi connectivity index (χ0) is 8.55. The van der Waals surface area contributed by atoms with E-state index in [0.717, 1.165) is 30.8 Å². The number of fused-ring (bicyclic) bond motifs is 1. The zero-order valence-electron chi connectivity index (χ0n) is 6.96. The molecule has 0 amide bonds. The molecule has 0 saturated carbocycles. The van der Waals surface area contributed by atoms with Gasteiger partial charge in [-0.1, -0.05) is 0 Å². The average molecular weight is 203 g/mol. The molecule has 0 spiro atoms. The summed E-state index contributed by atoms with van der Waals surface area (Å²) in [4.78, 5) is 13.7. The summed E-state index contributed by atoms with van der Waals surface area (Å²) >= 11 is 0. The number of hydrogen-bond donors (Lipinski definition) is 3. The third-order valence-electron chi connectivity index (χ3n) is 2.16. The van der Waals surface area contributed by atoms with E-state index in [1.54, 1.807) is 6.20 Å². The molecule has 0 radical (unpaired) electrons. The SMILES string of the molecule is Cl.O=C(O)c1c[nH]c2c1CCNC2. The summed E-state index contributed by atoms with van der Waals surface area (Å²) in [6.07, 6.45) is 2.38. The van der Waals surface area contributed by atoms with E-state index < -0.39 is 5.97 Å². The van der Waals surface area contributed by atoms with Crippen molar-refractivity contribution < 1.29 is 9.90 Å². The minimum atomic E-state index is -0.839. The van der Waals surface area contributed by atoms with E-state index in [1.165, 1.54) is 0 Å². The van der Waals surface area contributed by atoms with Crippen molar-refractivity contribution in [2.75, 3.05) is 6.54 Å². The van der Waals surface area contributed by atoms with Gasteiger partial charge in [-0.2, -0.15) is 0 Å². The van der Waals surface area contributed by atoms with E-state index >= 15 is 0 Å². The van der Waals surface area contributed by atoms with Gasteiger partial charge in [-0.25, -0.2) is 4.79 Å². The van der Waals surface area contributed by atoms with Gasteiger partial charge in [0.05, 0.1) is 5.56 Å². The van der Waals surface area contributed by atoms with Crippen molar-refractivity contribution in [1.29, 1.82) is 0 Å². The highest BCUT2D eigenvalue weighted by atomic mass is 35.5. The molecule has 1 aliphatic rings. The van der Waals surface area contributed by atoms with Crippen molar-refractivity contribution in [3.63, 3.8) is 0 Å². The van der Waals surface area contributed by atoms with Gasteiger partial charge >= 0.3 is 5.97 Å². The van der Waals surface area contributed by atoms with E-state index in [0.29, 0.717) is 5.56 Å². The van der Waals surface area contributed by atoms with Crippen molar-refractivity contribution in [1.82, 2.24) is 10.3 Å². The lowest BCUT2D eigenvalue weighted by atomic mass is 10.0. The summed E-state index contributed by atoms with van der Waals surface area (Å²) in [5, 5.41) is 12.0. The minimum absolute atomic E-state index is 0. The van der Waals surface area contributed by atoms with E-state index in [-0.39, 0.29) is 12.4 Å². The van der Waals surface area contributed by atoms with Crippen molar-refractivity contribution in [2.24, 2.45) is 0 Å². The second-order valence-electron chi connectivity index (χ2n) is 2.89. The van der Waals surface area contributed by atoms with Crippen LogP contribution in [0.4, 0.5) is 0 Å². The minimum Gasteiger partial charge on any atom is -0.478 e. The molecule has 0 aromatic carbocycles. The van der Waals surface area contributed by atoms with Crippen molar-refractivity contribution >= 4 is 18.4 Å². The summed E-state index contributed by atoms with van der Waals surface area (Å²) in [6.45, 7) is 1.62. The van der Waals surface area contributed by atoms with Gasteiger partial charge in [0.1, 0.15) is 0 Å². The Morgan fingerprint density at radius 2 is 2.31 bits per heavy atom. The Labute approximate surface area is 81.8 Å². The fraction of sp³-hybridized carbons (Fsp3) is 0.375. The van der Waals surface area contributed by atoms with Crippen molar-refractivity contribution in [2.45, 2.75) is 13.0 Å². The van der Waals surface area contributed by atoms with Crippen molar-refractivity contribution in [3.05, 3.63) is 23.0 Å². The van der Waals surface area contributed by atoms with Crippen LogP contribution in [0.25, 0.3) is 0 Å². The fourth-order valence-corrected chi connectivity index (χ4v) is 1.56. The van der Waals surface area contributed by atoms with Gasteiger partial charge in [-0.3, -0.25) is 0 Å². The number of carboxylic acid groups (broad SMARTS) is 1. The number of rotatable bonds is 1. The highest BCUT2D eigenvalue weighted by molar-refractivity contribution is 5.89. The molecule has 1 aliphatic heterocycles. The molecule has 4 nitrogen and oxygen atoms in total. The monoisotopic (exact) mass is 202 g/mol.